The summed E-state index contributed by atoms with van der Waals surface area (Å²) < 4.78 is 0.463. The van der Waals surface area contributed by atoms with Gasteiger partial charge in [0.1, 0.15) is 10.3 Å². The fraction of sp³-hybridized carbons (Fsp3) is 0. The lowest BCUT2D eigenvalue weighted by Crippen LogP contribution is -1.92. The number of nitrogens with zero attached hydrogens (tertiary/aromatic N) is 2. The predicted octanol–water partition coefficient (Wildman–Crippen LogP) is 5.52. The molecular formula is C10H3BrCl4N2. The zero-order valence-corrected chi connectivity index (χ0v) is 12.6. The van der Waals surface area contributed by atoms with Crippen LogP contribution in [0, 0.1) is 0 Å². The molecule has 7 heteroatoms. The van der Waals surface area contributed by atoms with Crippen LogP contribution in [0.15, 0.2) is 22.7 Å². The van der Waals surface area contributed by atoms with Gasteiger partial charge < -0.3 is 0 Å². The first-order valence-electron chi connectivity index (χ1n) is 4.33. The van der Waals surface area contributed by atoms with Crippen molar-refractivity contribution in [2.45, 2.75) is 0 Å². The van der Waals surface area contributed by atoms with Gasteiger partial charge >= 0.3 is 0 Å². The third-order valence-corrected chi connectivity index (χ3v) is 4.44. The van der Waals surface area contributed by atoms with Gasteiger partial charge in [0, 0.05) is 5.56 Å². The van der Waals surface area contributed by atoms with Crippen molar-refractivity contribution in [2.75, 3.05) is 0 Å². The molecular weight excluding hydrogens is 370 g/mol. The van der Waals surface area contributed by atoms with Crippen molar-refractivity contribution in [3.63, 3.8) is 0 Å². The van der Waals surface area contributed by atoms with Gasteiger partial charge in [-0.2, -0.15) is 0 Å². The Balaban J connectivity index is 2.57. The Hall–Kier alpha value is -0.0600. The highest BCUT2D eigenvalue weighted by Crippen LogP contribution is 2.32. The summed E-state index contributed by atoms with van der Waals surface area (Å²) in [5.41, 5.74) is 0.690. The Kier molecular flexibility index (Phi) is 4.16. The molecule has 88 valence electrons. The van der Waals surface area contributed by atoms with E-state index in [1.54, 1.807) is 18.2 Å². The summed E-state index contributed by atoms with van der Waals surface area (Å²) in [5.74, 6) is 0.391. The van der Waals surface area contributed by atoms with Gasteiger partial charge in [-0.15, -0.1) is 0 Å². The van der Waals surface area contributed by atoms with Crippen LogP contribution in [0.2, 0.25) is 20.4 Å². The van der Waals surface area contributed by atoms with Crippen LogP contribution >= 0.6 is 62.3 Å². The zero-order valence-electron chi connectivity index (χ0n) is 8.02. The number of hydrogen-bond donors (Lipinski definition) is 0. The highest BCUT2D eigenvalue weighted by molar-refractivity contribution is 9.10. The topological polar surface area (TPSA) is 25.8 Å². The van der Waals surface area contributed by atoms with Crippen LogP contribution in [-0.2, 0) is 0 Å². The van der Waals surface area contributed by atoms with E-state index in [0.29, 0.717) is 25.9 Å². The Morgan fingerprint density at radius 1 is 0.882 bits per heavy atom. The average molecular weight is 373 g/mol. The summed E-state index contributed by atoms with van der Waals surface area (Å²) in [6.45, 7) is 0. The number of halogens is 5. The fourth-order valence-corrected chi connectivity index (χ4v) is 2.02. The minimum atomic E-state index is 0.242. The molecule has 1 aromatic heterocycles. The predicted molar refractivity (Wildman–Crippen MR) is 75.2 cm³/mol. The highest BCUT2D eigenvalue weighted by Gasteiger charge is 2.11. The molecule has 0 atom stereocenters. The molecule has 2 nitrogen and oxygen atoms in total. The first-order valence-corrected chi connectivity index (χ1v) is 6.63. The lowest BCUT2D eigenvalue weighted by Gasteiger charge is -2.04. The molecule has 1 aromatic carbocycles. The molecule has 0 spiro atoms. The zero-order chi connectivity index (χ0) is 12.6. The molecule has 0 N–H and O–H groups in total. The molecule has 0 aliphatic carbocycles. The van der Waals surface area contributed by atoms with Gasteiger partial charge in [0.15, 0.2) is 5.82 Å². The lowest BCUT2D eigenvalue weighted by molar-refractivity contribution is 1.16. The molecule has 2 aromatic rings. The smallest absolute Gasteiger partial charge is 0.162 e. The third kappa shape index (κ3) is 2.85. The molecule has 0 unspecified atom stereocenters. The normalized spacial score (nSPS) is 10.6. The van der Waals surface area contributed by atoms with Crippen LogP contribution in [0.25, 0.3) is 11.4 Å². The third-order valence-electron chi connectivity index (χ3n) is 1.95. The molecule has 0 saturated heterocycles. The average Bonchev–Trinajstić information content (AvgIpc) is 2.29. The van der Waals surface area contributed by atoms with E-state index in [9.17, 15) is 0 Å². The van der Waals surface area contributed by atoms with Crippen molar-refractivity contribution < 1.29 is 0 Å². The molecule has 0 aliphatic rings. The summed E-state index contributed by atoms with van der Waals surface area (Å²) in [6, 6.07) is 5.05. The standard InChI is InChI=1S/C10H3BrCl4N2/c11-7-8(14)16-10(17-9(7)15)4-1-2-5(12)6(13)3-4/h1-3H. The molecule has 17 heavy (non-hydrogen) atoms. The van der Waals surface area contributed by atoms with E-state index in [1.807, 2.05) is 0 Å². The van der Waals surface area contributed by atoms with Crippen molar-refractivity contribution in [3.8, 4) is 11.4 Å². The molecule has 0 radical (unpaired) electrons. The summed E-state index contributed by atoms with van der Waals surface area (Å²) in [6.07, 6.45) is 0. The first-order chi connectivity index (χ1) is 7.99. The molecule has 0 saturated carbocycles. The maximum absolute atomic E-state index is 5.91. The van der Waals surface area contributed by atoms with Gasteiger partial charge in [-0.3, -0.25) is 0 Å². The van der Waals surface area contributed by atoms with Crippen LogP contribution in [0.5, 0.6) is 0 Å². The molecule has 2 rings (SSSR count). The van der Waals surface area contributed by atoms with Crippen LogP contribution in [0.1, 0.15) is 0 Å². The highest BCUT2D eigenvalue weighted by atomic mass is 79.9. The number of aromatic nitrogens is 2. The Bertz CT molecular complexity index is 566. The van der Waals surface area contributed by atoms with Crippen LogP contribution < -0.4 is 0 Å². The van der Waals surface area contributed by atoms with Crippen LogP contribution in [-0.4, -0.2) is 9.97 Å². The van der Waals surface area contributed by atoms with Crippen molar-refractivity contribution in [1.29, 1.82) is 0 Å². The lowest BCUT2D eigenvalue weighted by atomic mass is 10.2. The molecule has 0 aliphatic heterocycles. The fourth-order valence-electron chi connectivity index (χ4n) is 1.16. The van der Waals surface area contributed by atoms with Crippen LogP contribution in [0.3, 0.4) is 0 Å². The summed E-state index contributed by atoms with van der Waals surface area (Å²) in [4.78, 5) is 8.19. The monoisotopic (exact) mass is 370 g/mol. The Morgan fingerprint density at radius 2 is 1.47 bits per heavy atom. The Morgan fingerprint density at radius 3 is 2.00 bits per heavy atom. The van der Waals surface area contributed by atoms with Crippen molar-refractivity contribution in [2.24, 2.45) is 0 Å². The first kappa shape index (κ1) is 13.4. The maximum Gasteiger partial charge on any atom is 0.162 e. The molecule has 0 fully saturated rings. The van der Waals surface area contributed by atoms with Gasteiger partial charge in [0.25, 0.3) is 0 Å². The van der Waals surface area contributed by atoms with Gasteiger partial charge in [-0.1, -0.05) is 46.4 Å². The van der Waals surface area contributed by atoms with Crippen LogP contribution in [0.4, 0.5) is 0 Å². The Labute approximate surface area is 126 Å². The molecule has 1 heterocycles. The minimum Gasteiger partial charge on any atom is -0.215 e. The van der Waals surface area contributed by atoms with E-state index < -0.39 is 0 Å². The number of rotatable bonds is 1. The summed E-state index contributed by atoms with van der Waals surface area (Å²) in [5, 5.41) is 1.37. The molecule has 0 amide bonds. The number of benzene rings is 1. The summed E-state index contributed by atoms with van der Waals surface area (Å²) >= 11 is 26.7. The largest absolute Gasteiger partial charge is 0.215 e. The van der Waals surface area contributed by atoms with E-state index in [4.69, 9.17) is 46.4 Å². The second-order valence-electron chi connectivity index (χ2n) is 3.07. The SMILES string of the molecule is Clc1ccc(-c2nc(Cl)c(Br)c(Cl)n2)cc1Cl. The van der Waals surface area contributed by atoms with Gasteiger partial charge in [0.2, 0.25) is 0 Å². The maximum atomic E-state index is 5.91. The number of hydrogen-bond acceptors (Lipinski definition) is 2. The van der Waals surface area contributed by atoms with E-state index in [0.717, 1.165) is 0 Å². The van der Waals surface area contributed by atoms with E-state index in [2.05, 4.69) is 25.9 Å². The van der Waals surface area contributed by atoms with E-state index in [-0.39, 0.29) is 10.3 Å². The van der Waals surface area contributed by atoms with E-state index >= 15 is 0 Å². The van der Waals surface area contributed by atoms with Gasteiger partial charge in [-0.05, 0) is 34.1 Å². The van der Waals surface area contributed by atoms with E-state index in [1.165, 1.54) is 0 Å². The summed E-state index contributed by atoms with van der Waals surface area (Å²) in [7, 11) is 0. The second kappa shape index (κ2) is 5.29. The molecule has 0 bridgehead atoms. The van der Waals surface area contributed by atoms with Crippen molar-refractivity contribution in [1.82, 2.24) is 9.97 Å². The van der Waals surface area contributed by atoms with Crippen molar-refractivity contribution >= 4 is 62.3 Å². The second-order valence-corrected chi connectivity index (χ2v) is 5.40. The quantitative estimate of drug-likeness (QED) is 0.616. The van der Waals surface area contributed by atoms with Gasteiger partial charge in [-0.25, -0.2) is 9.97 Å². The van der Waals surface area contributed by atoms with Gasteiger partial charge in [0.05, 0.1) is 14.5 Å². The minimum absolute atomic E-state index is 0.242. The van der Waals surface area contributed by atoms with Crippen molar-refractivity contribution in [3.05, 3.63) is 43.0 Å².